The Labute approximate surface area is 154 Å². The van der Waals surface area contributed by atoms with Gasteiger partial charge in [0.25, 0.3) is 5.91 Å². The summed E-state index contributed by atoms with van der Waals surface area (Å²) >= 11 is 5.97. The summed E-state index contributed by atoms with van der Waals surface area (Å²) in [6.45, 7) is 0. The lowest BCUT2D eigenvalue weighted by Crippen LogP contribution is -2.12. The maximum absolute atomic E-state index is 11.9. The average Bonchev–Trinajstić information content (AvgIpc) is 3.03. The van der Waals surface area contributed by atoms with Crippen molar-refractivity contribution < 1.29 is 9.53 Å². The molecule has 0 aliphatic heterocycles. The monoisotopic (exact) mass is 369 g/mol. The van der Waals surface area contributed by atoms with E-state index in [-0.39, 0.29) is 11.4 Å². The minimum Gasteiger partial charge on any atom is -0.496 e. The Morgan fingerprint density at radius 3 is 2.85 bits per heavy atom. The molecule has 2 aromatic carbocycles. The molecule has 132 valence electrons. The predicted octanol–water partition coefficient (Wildman–Crippen LogP) is 3.66. The Kier molecular flexibility index (Phi) is 5.19. The number of carbonyl (C=O) groups excluding carboxylic acids is 1. The van der Waals surface area contributed by atoms with Gasteiger partial charge in [-0.15, -0.1) is 0 Å². The molecule has 0 bridgehead atoms. The lowest BCUT2D eigenvalue weighted by atomic mass is 10.2. The predicted molar refractivity (Wildman–Crippen MR) is 102 cm³/mol. The first-order chi connectivity index (χ1) is 12.6. The molecule has 3 rings (SSSR count). The summed E-state index contributed by atoms with van der Waals surface area (Å²) in [5.74, 6) is 0.514. The summed E-state index contributed by atoms with van der Waals surface area (Å²) in [6, 6.07) is 14.4. The number of H-pyrrole nitrogens is 1. The normalized spacial score (nSPS) is 10.8. The highest BCUT2D eigenvalue weighted by Gasteiger charge is 2.18. The van der Waals surface area contributed by atoms with E-state index in [4.69, 9.17) is 22.1 Å². The van der Waals surface area contributed by atoms with Crippen molar-refractivity contribution in [3.8, 4) is 5.75 Å². The van der Waals surface area contributed by atoms with E-state index in [0.29, 0.717) is 22.3 Å². The van der Waals surface area contributed by atoms with Gasteiger partial charge >= 0.3 is 0 Å². The highest BCUT2D eigenvalue weighted by molar-refractivity contribution is 6.30. The molecule has 3 aromatic rings. The molecule has 0 aliphatic rings. The van der Waals surface area contributed by atoms with E-state index < -0.39 is 5.91 Å². The summed E-state index contributed by atoms with van der Waals surface area (Å²) in [5, 5.41) is 10.4. The van der Waals surface area contributed by atoms with Gasteiger partial charge in [0.2, 0.25) is 0 Å². The zero-order chi connectivity index (χ0) is 18.5. The van der Waals surface area contributed by atoms with Gasteiger partial charge in [-0.25, -0.2) is 4.99 Å². The fourth-order valence-corrected chi connectivity index (χ4v) is 2.55. The van der Waals surface area contributed by atoms with Gasteiger partial charge < -0.3 is 15.8 Å². The highest BCUT2D eigenvalue weighted by atomic mass is 35.5. The molecule has 0 saturated carbocycles. The lowest BCUT2D eigenvalue weighted by Gasteiger charge is -2.05. The number of nitrogens with zero attached hydrogens (tertiary/aromatic N) is 2. The number of amides is 1. The van der Waals surface area contributed by atoms with Crippen LogP contribution in [0, 0.1) is 0 Å². The second-order valence-electron chi connectivity index (χ2n) is 5.30. The van der Waals surface area contributed by atoms with Crippen molar-refractivity contribution in [1.82, 2.24) is 10.2 Å². The lowest BCUT2D eigenvalue weighted by molar-refractivity contribution is 0.100. The van der Waals surface area contributed by atoms with Crippen LogP contribution in [0.2, 0.25) is 5.02 Å². The first-order valence-electron chi connectivity index (χ1n) is 7.66. The van der Waals surface area contributed by atoms with Gasteiger partial charge in [-0.3, -0.25) is 9.89 Å². The largest absolute Gasteiger partial charge is 0.496 e. The Hall–Kier alpha value is -3.32. The molecule has 4 N–H and O–H groups in total. The number of nitrogens with one attached hydrogen (secondary N) is 2. The van der Waals surface area contributed by atoms with Crippen molar-refractivity contribution in [2.75, 3.05) is 12.4 Å². The number of nitrogens with two attached hydrogens (primary N) is 1. The van der Waals surface area contributed by atoms with Crippen LogP contribution >= 0.6 is 11.6 Å². The van der Waals surface area contributed by atoms with Gasteiger partial charge in [0.1, 0.15) is 17.1 Å². The number of aromatic nitrogens is 2. The van der Waals surface area contributed by atoms with Gasteiger partial charge in [-0.1, -0.05) is 29.8 Å². The molecule has 7 nitrogen and oxygen atoms in total. The fourth-order valence-electron chi connectivity index (χ4n) is 2.36. The third-order valence-electron chi connectivity index (χ3n) is 3.55. The number of carbonyl (C=O) groups is 1. The van der Waals surface area contributed by atoms with Crippen LogP contribution in [0.25, 0.3) is 0 Å². The number of benzene rings is 2. The maximum Gasteiger partial charge on any atom is 0.256 e. The molecule has 0 spiro atoms. The topological polar surface area (TPSA) is 105 Å². The van der Waals surface area contributed by atoms with Crippen molar-refractivity contribution in [3.63, 3.8) is 0 Å². The van der Waals surface area contributed by atoms with Crippen LogP contribution in [0.1, 0.15) is 15.9 Å². The first kappa shape index (κ1) is 17.5. The molecule has 0 fully saturated rings. The van der Waals surface area contributed by atoms with Crippen molar-refractivity contribution in [3.05, 3.63) is 64.7 Å². The van der Waals surface area contributed by atoms with Crippen molar-refractivity contribution in [1.29, 1.82) is 0 Å². The minimum absolute atomic E-state index is 0.149. The molecule has 8 heteroatoms. The SMILES string of the molecule is COc1ccccc1C=Nc1n[nH]c(Nc2cccc(Cl)c2)c1C(N)=O. The van der Waals surface area contributed by atoms with Crippen LogP contribution < -0.4 is 15.8 Å². The number of aromatic amines is 1. The summed E-state index contributed by atoms with van der Waals surface area (Å²) in [5.41, 5.74) is 7.09. The number of halogens is 1. The Bertz CT molecular complexity index is 968. The van der Waals surface area contributed by atoms with E-state index in [9.17, 15) is 4.79 Å². The molecule has 1 heterocycles. The van der Waals surface area contributed by atoms with E-state index >= 15 is 0 Å². The maximum atomic E-state index is 11.9. The summed E-state index contributed by atoms with van der Waals surface area (Å²) in [6.07, 6.45) is 1.56. The van der Waals surface area contributed by atoms with Gasteiger partial charge in [0.05, 0.1) is 7.11 Å². The van der Waals surface area contributed by atoms with Crippen molar-refractivity contribution in [2.24, 2.45) is 10.7 Å². The smallest absolute Gasteiger partial charge is 0.256 e. The number of rotatable bonds is 6. The zero-order valence-corrected chi connectivity index (χ0v) is 14.6. The third kappa shape index (κ3) is 3.84. The second kappa shape index (κ2) is 7.71. The number of methoxy groups -OCH3 is 1. The number of anilines is 2. The van der Waals surface area contributed by atoms with Crippen molar-refractivity contribution >= 4 is 41.0 Å². The Balaban J connectivity index is 1.92. The third-order valence-corrected chi connectivity index (χ3v) is 3.79. The standard InChI is InChI=1S/C18H16ClN5O2/c1-26-14-8-3-2-5-11(14)10-21-17-15(16(20)25)18(24-23-17)22-13-7-4-6-12(19)9-13/h2-10H,1H3,(H2,20,25)(H2,22,23,24). The van der Waals surface area contributed by atoms with Gasteiger partial charge in [-0.2, -0.15) is 5.10 Å². The van der Waals surface area contributed by atoms with Crippen LogP contribution in [0.4, 0.5) is 17.3 Å². The summed E-state index contributed by atoms with van der Waals surface area (Å²) < 4.78 is 5.27. The average molecular weight is 370 g/mol. The second-order valence-corrected chi connectivity index (χ2v) is 5.73. The molecule has 26 heavy (non-hydrogen) atoms. The number of hydrogen-bond donors (Lipinski definition) is 3. The quantitative estimate of drug-likeness (QED) is 0.576. The molecule has 0 aliphatic carbocycles. The van der Waals surface area contributed by atoms with Gasteiger partial charge in [-0.05, 0) is 30.3 Å². The molecule has 0 saturated heterocycles. The number of ether oxygens (including phenoxy) is 1. The molecule has 1 amide bonds. The molecule has 0 unspecified atom stereocenters. The van der Waals surface area contributed by atoms with Crippen LogP contribution in [0.5, 0.6) is 5.75 Å². The zero-order valence-electron chi connectivity index (χ0n) is 13.9. The number of primary amides is 1. The van der Waals surface area contributed by atoms with E-state index in [1.54, 1.807) is 37.6 Å². The number of hydrogen-bond acceptors (Lipinski definition) is 5. The van der Waals surface area contributed by atoms with E-state index in [1.165, 1.54) is 0 Å². The Morgan fingerprint density at radius 1 is 1.31 bits per heavy atom. The molecular formula is C18H16ClN5O2. The molecular weight excluding hydrogens is 354 g/mol. The van der Waals surface area contributed by atoms with E-state index in [2.05, 4.69) is 20.5 Å². The summed E-state index contributed by atoms with van der Waals surface area (Å²) in [7, 11) is 1.57. The van der Waals surface area contributed by atoms with E-state index in [1.807, 2.05) is 24.3 Å². The van der Waals surface area contributed by atoms with Crippen LogP contribution in [-0.4, -0.2) is 29.4 Å². The van der Waals surface area contributed by atoms with Crippen LogP contribution in [-0.2, 0) is 0 Å². The van der Waals surface area contributed by atoms with Crippen LogP contribution in [0.15, 0.2) is 53.5 Å². The van der Waals surface area contributed by atoms with Gasteiger partial charge in [0.15, 0.2) is 5.82 Å². The number of aliphatic imine (C=N–C) groups is 1. The van der Waals surface area contributed by atoms with Crippen LogP contribution in [0.3, 0.4) is 0 Å². The summed E-state index contributed by atoms with van der Waals surface area (Å²) in [4.78, 5) is 16.2. The molecule has 1 aromatic heterocycles. The highest BCUT2D eigenvalue weighted by Crippen LogP contribution is 2.27. The minimum atomic E-state index is -0.657. The molecule has 0 atom stereocenters. The van der Waals surface area contributed by atoms with Crippen molar-refractivity contribution in [2.45, 2.75) is 0 Å². The fraction of sp³-hybridized carbons (Fsp3) is 0.0556. The van der Waals surface area contributed by atoms with E-state index in [0.717, 1.165) is 5.56 Å². The first-order valence-corrected chi connectivity index (χ1v) is 8.04. The van der Waals surface area contributed by atoms with Gasteiger partial charge in [0, 0.05) is 22.5 Å². The molecule has 0 radical (unpaired) electrons. The Morgan fingerprint density at radius 2 is 2.12 bits per heavy atom. The number of para-hydroxylation sites is 1.